The average Bonchev–Trinajstić information content (AvgIpc) is 3.00. The average molecular weight is 684 g/mol. The van der Waals surface area contributed by atoms with E-state index < -0.39 is 97.5 Å². The first kappa shape index (κ1) is 37.4. The first-order valence-electron chi connectivity index (χ1n) is 16.6. The van der Waals surface area contributed by atoms with Crippen LogP contribution in [0.3, 0.4) is 0 Å². The van der Waals surface area contributed by atoms with E-state index in [2.05, 4.69) is 16.0 Å². The highest BCUT2D eigenvalue weighted by Gasteiger charge is 2.53. The van der Waals surface area contributed by atoms with Gasteiger partial charge in [-0.15, -0.1) is 0 Å². The summed E-state index contributed by atoms with van der Waals surface area (Å²) in [6.45, 7) is 2.68. The molecule has 0 unspecified atom stereocenters. The van der Waals surface area contributed by atoms with E-state index in [1.807, 2.05) is 0 Å². The van der Waals surface area contributed by atoms with E-state index in [9.17, 15) is 49.2 Å². The van der Waals surface area contributed by atoms with Crippen molar-refractivity contribution in [1.82, 2.24) is 20.9 Å². The first-order chi connectivity index (χ1) is 22.6. The second-order valence-corrected chi connectivity index (χ2v) is 13.7. The number of carbonyl (C=O) groups excluding carboxylic acids is 5. The topological polar surface area (TPSA) is 267 Å². The van der Waals surface area contributed by atoms with E-state index in [-0.39, 0.29) is 30.7 Å². The molecule has 0 aromatic heterocycles. The van der Waals surface area contributed by atoms with Gasteiger partial charge in [-0.05, 0) is 76.0 Å². The minimum Gasteiger partial charge on any atom is -0.481 e. The van der Waals surface area contributed by atoms with Crippen LogP contribution in [-0.4, -0.2) is 129 Å². The van der Waals surface area contributed by atoms with E-state index in [1.165, 1.54) is 25.7 Å². The first-order valence-corrected chi connectivity index (χ1v) is 16.6. The Morgan fingerprint density at radius 2 is 1.60 bits per heavy atom. The Hall–Kier alpha value is -3.38. The number of amides is 5. The van der Waals surface area contributed by atoms with Crippen LogP contribution < -0.4 is 21.7 Å². The van der Waals surface area contributed by atoms with E-state index in [1.54, 1.807) is 0 Å². The van der Waals surface area contributed by atoms with Crippen LogP contribution in [0.4, 0.5) is 0 Å². The lowest BCUT2D eigenvalue weighted by atomic mass is 9.53. The molecule has 0 aromatic carbocycles. The maximum Gasteiger partial charge on any atom is 0.303 e. The summed E-state index contributed by atoms with van der Waals surface area (Å²) < 4.78 is 10.8. The molecule has 4 aliphatic carbocycles. The van der Waals surface area contributed by atoms with Crippen LogP contribution in [0.15, 0.2) is 0 Å². The molecule has 17 nitrogen and oxygen atoms in total. The summed E-state index contributed by atoms with van der Waals surface area (Å²) in [5, 5.41) is 47.0. The van der Waals surface area contributed by atoms with E-state index in [0.29, 0.717) is 11.8 Å². The van der Waals surface area contributed by atoms with Gasteiger partial charge in [0.1, 0.15) is 42.5 Å². The largest absolute Gasteiger partial charge is 0.481 e. The third-order valence-electron chi connectivity index (χ3n) is 10.2. The van der Waals surface area contributed by atoms with Gasteiger partial charge in [-0.3, -0.25) is 28.8 Å². The number of hydrogen-bond donors (Lipinski definition) is 8. The highest BCUT2D eigenvalue weighted by atomic mass is 16.6. The third-order valence-corrected chi connectivity index (χ3v) is 10.2. The van der Waals surface area contributed by atoms with Crippen molar-refractivity contribution in [3.05, 3.63) is 0 Å². The summed E-state index contributed by atoms with van der Waals surface area (Å²) in [6.07, 6.45) is -2.84. The molecular formula is C31H49N5O12. The van der Waals surface area contributed by atoms with Gasteiger partial charge in [0.15, 0.2) is 6.29 Å². The lowest BCUT2D eigenvalue weighted by molar-refractivity contribution is -0.266. The van der Waals surface area contributed by atoms with Crippen molar-refractivity contribution in [2.75, 3.05) is 13.2 Å². The lowest BCUT2D eigenvalue weighted by Gasteiger charge is -2.58. The van der Waals surface area contributed by atoms with Crippen molar-refractivity contribution >= 4 is 35.5 Å². The smallest absolute Gasteiger partial charge is 0.303 e. The SMILES string of the molecule is CC(=O)N[C@@H]1[C@H](O[C@H](C)C(=O)NCC(=O)N[C@@H](C)C(=O)N(C2C3CC4CC(C3)CC2C4)[C@H](CCC(=O)O)C(N)=O)[C@H](O)[C@@H](CO)O[C@@H]1O. The fourth-order valence-electron chi connectivity index (χ4n) is 8.36. The van der Waals surface area contributed by atoms with Crippen LogP contribution >= 0.6 is 0 Å². The fraction of sp³-hybridized carbons (Fsp3) is 0.806. The molecule has 9 N–H and O–H groups in total. The summed E-state index contributed by atoms with van der Waals surface area (Å²) in [5.74, 6) is -3.19. The monoisotopic (exact) mass is 683 g/mol. The highest BCUT2D eigenvalue weighted by molar-refractivity contribution is 5.93. The standard InChI is InChI=1S/C31H49N5O12/c1-13(30(45)36(20(28(32)43)4-5-23(40)41)25-18-7-16-6-17(9-18)10-19(25)8-16)34-22(39)11-33-29(44)14(2)47-27-24(35-15(3)38)31(46)48-21(12-37)26(27)42/h13-14,16-21,24-27,31,37,42,46H,4-12H2,1-3H3,(H2,32,43)(H,33,44)(H,34,39)(H,35,38)(H,40,41)/t13-,14+,16?,17?,18?,19?,20+,21+,24+,25?,26+,27-,31-/m0/s1. The Bertz CT molecular complexity index is 1210. The summed E-state index contributed by atoms with van der Waals surface area (Å²) in [5.41, 5.74) is 5.75. The number of ether oxygens (including phenoxy) is 2. The molecule has 5 aliphatic rings. The molecule has 4 bridgehead atoms. The van der Waals surface area contributed by atoms with Crippen molar-refractivity contribution in [2.45, 2.75) is 121 Å². The van der Waals surface area contributed by atoms with Gasteiger partial charge in [0, 0.05) is 19.4 Å². The number of nitrogens with one attached hydrogen (secondary N) is 3. The Labute approximate surface area is 278 Å². The highest BCUT2D eigenvalue weighted by Crippen LogP contribution is 2.55. The molecule has 5 fully saturated rings. The van der Waals surface area contributed by atoms with Gasteiger partial charge in [0.25, 0.3) is 0 Å². The number of primary amides is 1. The van der Waals surface area contributed by atoms with Crippen molar-refractivity contribution < 1.29 is 58.7 Å². The molecule has 5 rings (SSSR count). The maximum absolute atomic E-state index is 14.0. The minimum atomic E-state index is -1.66. The molecule has 17 heteroatoms. The zero-order valence-electron chi connectivity index (χ0n) is 27.4. The molecule has 8 atom stereocenters. The second kappa shape index (κ2) is 15.9. The van der Waals surface area contributed by atoms with Gasteiger partial charge in [0.05, 0.1) is 13.2 Å². The number of rotatable bonds is 15. The van der Waals surface area contributed by atoms with Crippen LogP contribution in [-0.2, 0) is 38.2 Å². The summed E-state index contributed by atoms with van der Waals surface area (Å²) in [6, 6.07) is -3.89. The van der Waals surface area contributed by atoms with Gasteiger partial charge < -0.3 is 56.5 Å². The number of nitrogens with zero attached hydrogens (tertiary/aromatic N) is 1. The Morgan fingerprint density at radius 3 is 2.12 bits per heavy atom. The van der Waals surface area contributed by atoms with E-state index in [0.717, 1.165) is 32.1 Å². The minimum absolute atomic E-state index is 0.147. The third kappa shape index (κ3) is 8.61. The molecule has 5 amide bonds. The molecule has 48 heavy (non-hydrogen) atoms. The van der Waals surface area contributed by atoms with Gasteiger partial charge in [-0.1, -0.05) is 0 Å². The molecule has 1 heterocycles. The summed E-state index contributed by atoms with van der Waals surface area (Å²) in [7, 11) is 0. The predicted octanol–water partition coefficient (Wildman–Crippen LogP) is -2.67. The van der Waals surface area contributed by atoms with Crippen LogP contribution in [0.2, 0.25) is 0 Å². The maximum atomic E-state index is 14.0. The van der Waals surface area contributed by atoms with Gasteiger partial charge in [-0.25, -0.2) is 0 Å². The summed E-state index contributed by atoms with van der Waals surface area (Å²) >= 11 is 0. The molecule has 4 saturated carbocycles. The van der Waals surface area contributed by atoms with Crippen LogP contribution in [0.25, 0.3) is 0 Å². The number of aliphatic hydroxyl groups is 3. The molecular weight excluding hydrogens is 634 g/mol. The Morgan fingerprint density at radius 1 is 1.00 bits per heavy atom. The number of carboxylic acids is 1. The van der Waals surface area contributed by atoms with Crippen LogP contribution in [0.1, 0.15) is 65.7 Å². The molecule has 1 saturated heterocycles. The lowest BCUT2D eigenvalue weighted by Crippen LogP contribution is -2.65. The molecule has 0 spiro atoms. The number of aliphatic carboxylic acids is 1. The second-order valence-electron chi connectivity index (χ2n) is 13.7. The van der Waals surface area contributed by atoms with Crippen LogP contribution in [0.5, 0.6) is 0 Å². The number of nitrogens with two attached hydrogens (primary N) is 1. The quantitative estimate of drug-likeness (QED) is 0.0878. The van der Waals surface area contributed by atoms with E-state index in [4.69, 9.17) is 15.2 Å². The summed E-state index contributed by atoms with van der Waals surface area (Å²) in [4.78, 5) is 77.0. The van der Waals surface area contributed by atoms with Gasteiger partial charge in [-0.2, -0.15) is 0 Å². The number of carbonyl (C=O) groups is 6. The van der Waals surface area contributed by atoms with E-state index >= 15 is 0 Å². The van der Waals surface area contributed by atoms with Gasteiger partial charge >= 0.3 is 5.97 Å². The Kier molecular flexibility index (Phi) is 12.4. The van der Waals surface area contributed by atoms with Crippen LogP contribution in [0, 0.1) is 23.7 Å². The number of aliphatic hydroxyl groups excluding tert-OH is 3. The van der Waals surface area contributed by atoms with Crippen molar-refractivity contribution in [3.8, 4) is 0 Å². The van der Waals surface area contributed by atoms with Crippen molar-refractivity contribution in [3.63, 3.8) is 0 Å². The molecule has 1 aliphatic heterocycles. The molecule has 270 valence electrons. The van der Waals surface area contributed by atoms with Gasteiger partial charge in [0.2, 0.25) is 29.5 Å². The zero-order valence-corrected chi connectivity index (χ0v) is 27.4. The zero-order chi connectivity index (χ0) is 35.4. The number of hydrogen-bond acceptors (Lipinski definition) is 11. The van der Waals surface area contributed by atoms with Crippen molar-refractivity contribution in [2.24, 2.45) is 29.4 Å². The van der Waals surface area contributed by atoms with Crippen molar-refractivity contribution in [1.29, 1.82) is 0 Å². The predicted molar refractivity (Wildman–Crippen MR) is 164 cm³/mol. The Balaban J connectivity index is 1.39. The molecule has 0 radical (unpaired) electrons. The fourth-order valence-corrected chi connectivity index (χ4v) is 8.36. The number of carboxylic acid groups (broad SMARTS) is 1. The normalized spacial score (nSPS) is 34.0. The molecule has 0 aromatic rings.